The average Bonchev–Trinajstić information content (AvgIpc) is 3.02. The molecule has 1 amide bonds. The van der Waals surface area contributed by atoms with Crippen LogP contribution >= 0.6 is 11.3 Å². The summed E-state index contributed by atoms with van der Waals surface area (Å²) in [6.45, 7) is 3.97. The van der Waals surface area contributed by atoms with Crippen molar-refractivity contribution in [1.29, 1.82) is 0 Å². The summed E-state index contributed by atoms with van der Waals surface area (Å²) in [7, 11) is 1.51. The zero-order valence-corrected chi connectivity index (χ0v) is 18.2. The number of anilines is 1. The van der Waals surface area contributed by atoms with Gasteiger partial charge < -0.3 is 14.5 Å². The molecule has 0 bridgehead atoms. The van der Waals surface area contributed by atoms with Crippen molar-refractivity contribution in [1.82, 2.24) is 10.1 Å². The second-order valence-electron chi connectivity index (χ2n) is 6.35. The fourth-order valence-corrected chi connectivity index (χ4v) is 4.07. The number of aryl methyl sites for hydroxylation is 1. The Morgan fingerprint density at radius 1 is 1.23 bits per heavy atom. The maximum absolute atomic E-state index is 13.4. The normalized spacial score (nSPS) is 10.4. The number of hydrazine groups is 2. The van der Waals surface area contributed by atoms with Gasteiger partial charge in [0.15, 0.2) is 5.78 Å². The molecule has 0 aliphatic carbocycles. The number of thiophene rings is 1. The van der Waals surface area contributed by atoms with Gasteiger partial charge in [-0.05, 0) is 58.6 Å². The maximum atomic E-state index is 13.4. The first-order chi connectivity index (χ1) is 14.0. The molecule has 2 aromatic heterocycles. The molecule has 0 unspecified atom stereocenters. The van der Waals surface area contributed by atoms with Crippen LogP contribution in [0.5, 0.6) is 5.75 Å². The number of hydrogen-bond acceptors (Lipinski definition) is 7. The monoisotopic (exact) mass is 416 g/mol. The fourth-order valence-electron chi connectivity index (χ4n) is 2.95. The predicted octanol–water partition coefficient (Wildman–Crippen LogP) is 0.168. The summed E-state index contributed by atoms with van der Waals surface area (Å²) in [5.74, 6) is 6.38. The van der Waals surface area contributed by atoms with Gasteiger partial charge in [0.2, 0.25) is 0 Å². The maximum Gasteiger partial charge on any atom is 1.00 e. The van der Waals surface area contributed by atoms with E-state index < -0.39 is 0 Å². The number of pyridine rings is 1. The molecule has 2 heterocycles. The van der Waals surface area contributed by atoms with Crippen molar-refractivity contribution < 1.29 is 33.2 Å². The minimum atomic E-state index is -0.241. The van der Waals surface area contributed by atoms with Gasteiger partial charge in [-0.15, -0.1) is 0 Å². The molecule has 150 valence electrons. The first-order valence-corrected chi connectivity index (χ1v) is 9.66. The molecule has 30 heavy (non-hydrogen) atoms. The Kier molecular flexibility index (Phi) is 8.35. The van der Waals surface area contributed by atoms with E-state index >= 15 is 0 Å². The molecule has 0 saturated carbocycles. The van der Waals surface area contributed by atoms with Gasteiger partial charge in [-0.2, -0.15) is 5.12 Å². The number of nitrogens with two attached hydrogens (primary N) is 1. The van der Waals surface area contributed by atoms with Gasteiger partial charge in [0, 0.05) is 12.4 Å². The van der Waals surface area contributed by atoms with Crippen molar-refractivity contribution >= 4 is 28.5 Å². The van der Waals surface area contributed by atoms with E-state index in [9.17, 15) is 9.59 Å². The summed E-state index contributed by atoms with van der Waals surface area (Å²) >= 11 is 1.31. The van der Waals surface area contributed by atoms with E-state index in [0.717, 1.165) is 21.0 Å². The van der Waals surface area contributed by atoms with Crippen LogP contribution in [0.25, 0.3) is 0 Å². The smallest absolute Gasteiger partial charge is 0.496 e. The Morgan fingerprint density at radius 2 is 1.97 bits per heavy atom. The number of methoxy groups -OCH3 is 1. The minimum absolute atomic E-state index is 0. The topological polar surface area (TPSA) is 88.8 Å². The second kappa shape index (κ2) is 10.5. The molecule has 3 rings (SSSR count). The first kappa shape index (κ1) is 23.8. The molecule has 0 atom stereocenters. The van der Waals surface area contributed by atoms with Crippen LogP contribution in [0, 0.1) is 13.8 Å². The molecule has 1 aromatic carbocycles. The van der Waals surface area contributed by atoms with Gasteiger partial charge in [-0.1, -0.05) is 18.2 Å². The molecule has 0 radical (unpaired) electrons. The summed E-state index contributed by atoms with van der Waals surface area (Å²) in [4.78, 5) is 30.2. The number of amides is 1. The molecular formula is C21H21LiN4O3S. The molecule has 0 saturated heterocycles. The van der Waals surface area contributed by atoms with E-state index in [-0.39, 0.29) is 31.2 Å². The summed E-state index contributed by atoms with van der Waals surface area (Å²) in [5, 5.41) is 2.77. The van der Waals surface area contributed by atoms with Crippen molar-refractivity contribution in [2.24, 2.45) is 5.84 Å². The molecule has 7 nitrogen and oxygen atoms in total. The number of benzene rings is 1. The number of nitrogens with zero attached hydrogens (tertiary/aromatic N) is 3. The molecule has 0 fully saturated rings. The number of hydrogen-bond donors (Lipinski definition) is 1. The van der Waals surface area contributed by atoms with Gasteiger partial charge in [0.25, 0.3) is 0 Å². The minimum Gasteiger partial charge on any atom is -0.496 e. The number of aromatic nitrogens is 1. The van der Waals surface area contributed by atoms with E-state index in [1.54, 1.807) is 42.7 Å². The zero-order chi connectivity index (χ0) is 21.0. The number of rotatable bonds is 8. The first-order valence-electron chi connectivity index (χ1n) is 8.84. The standard InChI is InChI=1S/C21H21N4O3S.Li/c1-14-15(2)29-21(19(14)20(27)17-8-4-5-9-18(17)28-3)24(13-26)25(22)12-16-7-6-10-23-11-16;/h4-11H,12,22H2,1-3H3;/q-1;+1. The number of ketones is 1. The van der Waals surface area contributed by atoms with Crippen LogP contribution in [-0.4, -0.2) is 29.4 Å². The van der Waals surface area contributed by atoms with Crippen LogP contribution in [0.3, 0.4) is 0 Å². The van der Waals surface area contributed by atoms with Gasteiger partial charge in [0.05, 0.1) is 25.6 Å². The fraction of sp³-hybridized carbons (Fsp3) is 0.190. The van der Waals surface area contributed by atoms with Crippen LogP contribution in [0.4, 0.5) is 5.00 Å². The molecule has 0 spiro atoms. The van der Waals surface area contributed by atoms with Gasteiger partial charge in [-0.25, -0.2) is 11.3 Å². The summed E-state index contributed by atoms with van der Waals surface area (Å²) in [6, 6.07) is 10.6. The Balaban J connectivity index is 0.00000320. The van der Waals surface area contributed by atoms with Gasteiger partial charge in [0.1, 0.15) is 5.75 Å². The van der Waals surface area contributed by atoms with Gasteiger partial charge >= 0.3 is 18.9 Å². The third kappa shape index (κ3) is 4.81. The molecule has 3 aromatic rings. The number of carbonyl (C=O) groups is 1. The Morgan fingerprint density at radius 3 is 2.60 bits per heavy atom. The molecular weight excluding hydrogens is 395 g/mol. The van der Waals surface area contributed by atoms with Gasteiger partial charge in [-0.3, -0.25) is 15.6 Å². The number of ether oxygens (including phenoxy) is 1. The molecule has 2 N–H and O–H groups in total. The van der Waals surface area contributed by atoms with E-state index in [4.69, 9.17) is 10.6 Å². The van der Waals surface area contributed by atoms with Crippen LogP contribution in [0.15, 0.2) is 48.8 Å². The van der Waals surface area contributed by atoms with E-state index in [0.29, 0.717) is 21.9 Å². The summed E-state index contributed by atoms with van der Waals surface area (Å²) in [6.07, 6.45) is 5.16. The molecule has 0 aliphatic heterocycles. The van der Waals surface area contributed by atoms with Crippen LogP contribution < -0.4 is 34.4 Å². The van der Waals surface area contributed by atoms with Crippen LogP contribution in [0.1, 0.15) is 31.9 Å². The average molecular weight is 416 g/mol. The zero-order valence-electron chi connectivity index (χ0n) is 17.4. The third-order valence-corrected chi connectivity index (χ3v) is 5.73. The third-order valence-electron chi connectivity index (χ3n) is 4.55. The van der Waals surface area contributed by atoms with Crippen molar-refractivity contribution in [3.8, 4) is 5.75 Å². The van der Waals surface area contributed by atoms with Crippen molar-refractivity contribution in [2.45, 2.75) is 20.4 Å². The Bertz CT molecular complexity index is 1030. The SMILES string of the molecule is COc1ccccc1C(=O)c1c(N([C-]=O)N(N)Cc2cccnc2)sc(C)c1C.[Li+]. The number of carbonyl (C=O) groups excluding carboxylic acids is 2. The molecule has 0 aliphatic rings. The van der Waals surface area contributed by atoms with Crippen LogP contribution in [0.2, 0.25) is 0 Å². The largest absolute Gasteiger partial charge is 1.00 e. The predicted molar refractivity (Wildman–Crippen MR) is 112 cm³/mol. The Labute approximate surface area is 191 Å². The quantitative estimate of drug-likeness (QED) is 0.141. The second-order valence-corrected chi connectivity index (χ2v) is 7.56. The summed E-state index contributed by atoms with van der Waals surface area (Å²) in [5.41, 5.74) is 2.43. The Hall–Kier alpha value is -2.47. The van der Waals surface area contributed by atoms with Crippen molar-refractivity contribution in [3.05, 3.63) is 75.9 Å². The van der Waals surface area contributed by atoms with E-state index in [2.05, 4.69) is 4.98 Å². The van der Waals surface area contributed by atoms with Crippen molar-refractivity contribution in [3.63, 3.8) is 0 Å². The molecule has 9 heteroatoms. The van der Waals surface area contributed by atoms with E-state index in [1.807, 2.05) is 26.3 Å². The van der Waals surface area contributed by atoms with Crippen molar-refractivity contribution in [2.75, 3.05) is 12.1 Å². The summed E-state index contributed by atoms with van der Waals surface area (Å²) < 4.78 is 5.34. The number of para-hydroxylation sites is 1. The van der Waals surface area contributed by atoms with Crippen LogP contribution in [-0.2, 0) is 11.3 Å². The van der Waals surface area contributed by atoms with E-state index in [1.165, 1.54) is 23.6 Å².